The lowest BCUT2D eigenvalue weighted by Gasteiger charge is -2.22. The van der Waals surface area contributed by atoms with Crippen LogP contribution in [0.4, 0.5) is 11.5 Å². The van der Waals surface area contributed by atoms with E-state index in [0.717, 1.165) is 24.3 Å². The summed E-state index contributed by atoms with van der Waals surface area (Å²) in [6.45, 7) is 3.27. The van der Waals surface area contributed by atoms with Gasteiger partial charge in [0, 0.05) is 35.6 Å². The summed E-state index contributed by atoms with van der Waals surface area (Å²) in [5.74, 6) is 3.64. The van der Waals surface area contributed by atoms with Crippen LogP contribution in [0.2, 0.25) is 0 Å². The number of unbranched alkanes of at least 4 members (excludes halogenated alkanes) is 1. The summed E-state index contributed by atoms with van der Waals surface area (Å²) >= 11 is 3.84. The van der Waals surface area contributed by atoms with Crippen molar-refractivity contribution in [1.82, 2.24) is 9.55 Å². The Morgan fingerprint density at radius 2 is 2.24 bits per heavy atom. The molecule has 0 radical (unpaired) electrons. The third kappa shape index (κ3) is 4.23. The number of nitrogens with zero attached hydrogens (tertiary/aromatic N) is 1. The maximum Gasteiger partial charge on any atom is 0.330 e. The molecule has 1 aliphatic heterocycles. The van der Waals surface area contributed by atoms with E-state index in [0.29, 0.717) is 24.0 Å². The van der Waals surface area contributed by atoms with Gasteiger partial charge in [-0.15, -0.1) is 0 Å². The highest BCUT2D eigenvalue weighted by atomic mass is 32.2. The topological polar surface area (TPSA) is 92.9 Å². The highest BCUT2D eigenvalue weighted by Gasteiger charge is 2.17. The van der Waals surface area contributed by atoms with E-state index in [2.05, 4.69) is 10.3 Å². The predicted octanol–water partition coefficient (Wildman–Crippen LogP) is 1.18. The van der Waals surface area contributed by atoms with E-state index in [1.807, 2.05) is 30.4 Å². The number of anilines is 2. The third-order valence-corrected chi connectivity index (χ3v) is 6.21. The molecule has 1 fully saturated rings. The number of H-pyrrole nitrogens is 1. The van der Waals surface area contributed by atoms with Crippen molar-refractivity contribution in [3.8, 4) is 0 Å². The summed E-state index contributed by atoms with van der Waals surface area (Å²) in [5, 5.41) is 3.60. The van der Waals surface area contributed by atoms with E-state index >= 15 is 0 Å². The van der Waals surface area contributed by atoms with Crippen molar-refractivity contribution in [2.24, 2.45) is 0 Å². The molecular formula is C13H22N4O2S2. The van der Waals surface area contributed by atoms with Crippen LogP contribution < -0.4 is 22.3 Å². The fraction of sp³-hybridized carbons (Fsp3) is 0.692. The normalized spacial score (nSPS) is 18.6. The van der Waals surface area contributed by atoms with Crippen molar-refractivity contribution in [3.05, 3.63) is 20.8 Å². The van der Waals surface area contributed by atoms with Gasteiger partial charge in [-0.2, -0.15) is 23.5 Å². The number of nitrogen functional groups attached to an aromatic ring is 1. The highest BCUT2D eigenvalue weighted by Crippen LogP contribution is 2.24. The minimum Gasteiger partial charge on any atom is -0.383 e. The summed E-state index contributed by atoms with van der Waals surface area (Å²) < 4.78 is 1.44. The van der Waals surface area contributed by atoms with Crippen molar-refractivity contribution >= 4 is 35.0 Å². The molecule has 2 heterocycles. The van der Waals surface area contributed by atoms with Crippen LogP contribution in [0.3, 0.4) is 0 Å². The molecule has 118 valence electrons. The molecule has 0 amide bonds. The van der Waals surface area contributed by atoms with E-state index in [9.17, 15) is 9.59 Å². The van der Waals surface area contributed by atoms with Crippen molar-refractivity contribution in [2.75, 3.05) is 34.9 Å². The van der Waals surface area contributed by atoms with E-state index in [4.69, 9.17) is 5.73 Å². The summed E-state index contributed by atoms with van der Waals surface area (Å²) in [7, 11) is 0. The molecule has 8 heteroatoms. The standard InChI is InChI=1S/C13H22N4O2S2/c1-2-3-4-17-11(14)10(12(18)16-13(17)19)15-7-9-8-20-5-6-21-9/h9,15H,2-8,14H2,1H3,(H,16,18,19). The van der Waals surface area contributed by atoms with Crippen molar-refractivity contribution in [2.45, 2.75) is 31.6 Å². The molecule has 6 nitrogen and oxygen atoms in total. The molecule has 0 bridgehead atoms. The first kappa shape index (κ1) is 16.4. The molecule has 1 aliphatic rings. The second-order valence-corrected chi connectivity index (χ2v) is 7.53. The fourth-order valence-electron chi connectivity index (χ4n) is 2.17. The second-order valence-electron chi connectivity index (χ2n) is 4.97. The number of thioether (sulfide) groups is 2. The lowest BCUT2D eigenvalue weighted by atomic mass is 10.3. The zero-order chi connectivity index (χ0) is 15.2. The smallest absolute Gasteiger partial charge is 0.330 e. The lowest BCUT2D eigenvalue weighted by molar-refractivity contribution is 0.605. The molecule has 4 N–H and O–H groups in total. The summed E-state index contributed by atoms with van der Waals surface area (Å²) in [5.41, 5.74) is 5.47. The van der Waals surface area contributed by atoms with Crippen LogP contribution in [-0.2, 0) is 6.54 Å². The van der Waals surface area contributed by atoms with Gasteiger partial charge in [-0.3, -0.25) is 14.3 Å². The van der Waals surface area contributed by atoms with Gasteiger partial charge in [-0.25, -0.2) is 4.79 Å². The van der Waals surface area contributed by atoms with E-state index < -0.39 is 11.2 Å². The number of aromatic amines is 1. The maximum atomic E-state index is 11.9. The SMILES string of the molecule is CCCCn1c(N)c(NCC2CSCCS2)c(=O)[nH]c1=O. The van der Waals surface area contributed by atoms with Crippen molar-refractivity contribution < 1.29 is 0 Å². The number of nitrogens with two attached hydrogens (primary N) is 1. The van der Waals surface area contributed by atoms with Crippen molar-refractivity contribution in [1.29, 1.82) is 0 Å². The molecule has 1 saturated heterocycles. The first-order valence-corrected chi connectivity index (χ1v) is 9.39. The fourth-order valence-corrected chi connectivity index (χ4v) is 4.78. The van der Waals surface area contributed by atoms with Crippen LogP contribution in [0.15, 0.2) is 9.59 Å². The molecule has 0 spiro atoms. The molecule has 1 unspecified atom stereocenters. The molecule has 21 heavy (non-hydrogen) atoms. The van der Waals surface area contributed by atoms with Crippen LogP contribution >= 0.6 is 23.5 Å². The zero-order valence-electron chi connectivity index (χ0n) is 12.2. The van der Waals surface area contributed by atoms with Gasteiger partial charge in [0.1, 0.15) is 11.5 Å². The Morgan fingerprint density at radius 1 is 1.43 bits per heavy atom. The predicted molar refractivity (Wildman–Crippen MR) is 92.7 cm³/mol. The first-order valence-electron chi connectivity index (χ1n) is 7.19. The van der Waals surface area contributed by atoms with Gasteiger partial charge in [0.15, 0.2) is 0 Å². The van der Waals surface area contributed by atoms with Gasteiger partial charge >= 0.3 is 5.69 Å². The monoisotopic (exact) mass is 330 g/mol. The van der Waals surface area contributed by atoms with Gasteiger partial charge in [0.2, 0.25) is 0 Å². The lowest BCUT2D eigenvalue weighted by Crippen LogP contribution is -2.35. The molecule has 0 aromatic carbocycles. The summed E-state index contributed by atoms with van der Waals surface area (Å²) in [4.78, 5) is 26.1. The van der Waals surface area contributed by atoms with E-state index in [1.54, 1.807) is 0 Å². The molecule has 1 aromatic heterocycles. The second kappa shape index (κ2) is 7.84. The van der Waals surface area contributed by atoms with Crippen LogP contribution in [0, 0.1) is 0 Å². The summed E-state index contributed by atoms with van der Waals surface area (Å²) in [6, 6.07) is 0. The van der Waals surface area contributed by atoms with Gasteiger partial charge in [0.25, 0.3) is 5.56 Å². The minimum absolute atomic E-state index is 0.241. The van der Waals surface area contributed by atoms with Gasteiger partial charge in [0.05, 0.1) is 0 Å². The largest absolute Gasteiger partial charge is 0.383 e. The molecule has 1 aromatic rings. The average molecular weight is 330 g/mol. The van der Waals surface area contributed by atoms with Crippen molar-refractivity contribution in [3.63, 3.8) is 0 Å². The van der Waals surface area contributed by atoms with Gasteiger partial charge in [-0.05, 0) is 6.42 Å². The molecule has 2 rings (SSSR count). The van der Waals surface area contributed by atoms with Crippen LogP contribution in [0.1, 0.15) is 19.8 Å². The van der Waals surface area contributed by atoms with Crippen LogP contribution in [0.5, 0.6) is 0 Å². The number of aromatic nitrogens is 2. The third-order valence-electron chi connectivity index (χ3n) is 3.37. The van der Waals surface area contributed by atoms with Crippen LogP contribution in [0.25, 0.3) is 0 Å². The first-order chi connectivity index (χ1) is 10.1. The molecular weight excluding hydrogens is 308 g/mol. The Hall–Kier alpha value is -1.02. The van der Waals surface area contributed by atoms with Gasteiger partial charge in [-0.1, -0.05) is 13.3 Å². The Balaban J connectivity index is 2.14. The molecule has 0 aliphatic carbocycles. The number of nitrogens with one attached hydrogen (secondary N) is 2. The quantitative estimate of drug-likeness (QED) is 0.725. The number of rotatable bonds is 6. The minimum atomic E-state index is -0.432. The van der Waals surface area contributed by atoms with Crippen LogP contribution in [-0.4, -0.2) is 38.6 Å². The molecule has 1 atom stereocenters. The zero-order valence-corrected chi connectivity index (χ0v) is 13.8. The maximum absolute atomic E-state index is 11.9. The number of hydrogen-bond donors (Lipinski definition) is 3. The highest BCUT2D eigenvalue weighted by molar-refractivity contribution is 8.06. The van der Waals surface area contributed by atoms with E-state index in [-0.39, 0.29) is 5.82 Å². The Morgan fingerprint density at radius 3 is 2.90 bits per heavy atom. The number of hydrogen-bond acceptors (Lipinski definition) is 6. The Kier molecular flexibility index (Phi) is 6.10. The van der Waals surface area contributed by atoms with E-state index in [1.165, 1.54) is 10.3 Å². The molecule has 0 saturated carbocycles. The average Bonchev–Trinajstić information content (AvgIpc) is 2.47. The summed E-state index contributed by atoms with van der Waals surface area (Å²) in [6.07, 6.45) is 1.81. The Bertz CT molecular complexity index is 579. The Labute approximate surface area is 132 Å². The van der Waals surface area contributed by atoms with Gasteiger partial charge < -0.3 is 11.1 Å².